The summed E-state index contributed by atoms with van der Waals surface area (Å²) in [7, 11) is 1.76. The first-order valence-electron chi connectivity index (χ1n) is 7.93. The van der Waals surface area contributed by atoms with Crippen molar-refractivity contribution in [1.82, 2.24) is 5.32 Å². The summed E-state index contributed by atoms with van der Waals surface area (Å²) in [6, 6.07) is 16.0. The van der Waals surface area contributed by atoms with Gasteiger partial charge >= 0.3 is 6.03 Å². The molecule has 2 aromatic carbocycles. The van der Waals surface area contributed by atoms with Crippen molar-refractivity contribution in [3.8, 4) is 0 Å². The molecule has 23 heavy (non-hydrogen) atoms. The minimum atomic E-state index is -0.256. The molecule has 2 aromatic rings. The second-order valence-electron chi connectivity index (χ2n) is 6.27. The highest BCUT2D eigenvalue weighted by atomic mass is 19.1. The van der Waals surface area contributed by atoms with E-state index in [1.165, 1.54) is 6.07 Å². The van der Waals surface area contributed by atoms with Gasteiger partial charge in [-0.1, -0.05) is 30.3 Å². The van der Waals surface area contributed by atoms with Crippen molar-refractivity contribution >= 4 is 11.7 Å². The fourth-order valence-electron chi connectivity index (χ4n) is 3.07. The van der Waals surface area contributed by atoms with Gasteiger partial charge in [-0.2, -0.15) is 0 Å². The predicted molar refractivity (Wildman–Crippen MR) is 90.1 cm³/mol. The summed E-state index contributed by atoms with van der Waals surface area (Å²) in [6.07, 6.45) is 3.61. The van der Waals surface area contributed by atoms with E-state index in [1.54, 1.807) is 24.1 Å². The normalized spacial score (nSPS) is 15.6. The minimum absolute atomic E-state index is 0.118. The Kier molecular flexibility index (Phi) is 4.33. The van der Waals surface area contributed by atoms with Crippen LogP contribution < -0.4 is 10.2 Å². The highest BCUT2D eigenvalue weighted by Gasteiger charge is 2.39. The lowest BCUT2D eigenvalue weighted by Gasteiger charge is -2.43. The van der Waals surface area contributed by atoms with Gasteiger partial charge in [0.2, 0.25) is 0 Å². The zero-order chi connectivity index (χ0) is 16.3. The first kappa shape index (κ1) is 15.5. The van der Waals surface area contributed by atoms with Crippen molar-refractivity contribution in [3.63, 3.8) is 0 Å². The molecular weight excluding hydrogens is 291 g/mol. The average Bonchev–Trinajstić information content (AvgIpc) is 2.53. The Balaban J connectivity index is 1.70. The lowest BCUT2D eigenvalue weighted by molar-refractivity contribution is 0.180. The van der Waals surface area contributed by atoms with Gasteiger partial charge in [-0.25, -0.2) is 9.18 Å². The Hall–Kier alpha value is -2.36. The second kappa shape index (κ2) is 6.41. The van der Waals surface area contributed by atoms with Gasteiger partial charge in [0, 0.05) is 18.3 Å². The van der Waals surface area contributed by atoms with E-state index in [0.717, 1.165) is 30.5 Å². The number of carbonyl (C=O) groups is 1. The van der Waals surface area contributed by atoms with Gasteiger partial charge in [-0.15, -0.1) is 0 Å². The second-order valence-corrected chi connectivity index (χ2v) is 6.27. The SMILES string of the molecule is CN(C(=O)NC1(Cc2cccc(F)c2)CCC1)c1ccccc1. The molecule has 0 atom stereocenters. The van der Waals surface area contributed by atoms with E-state index in [2.05, 4.69) is 5.32 Å². The van der Waals surface area contributed by atoms with Crippen LogP contribution in [0.3, 0.4) is 0 Å². The highest BCUT2D eigenvalue weighted by molar-refractivity contribution is 5.91. The number of carbonyl (C=O) groups excluding carboxylic acids is 1. The number of urea groups is 1. The molecule has 0 spiro atoms. The maximum Gasteiger partial charge on any atom is 0.322 e. The number of para-hydroxylation sites is 1. The van der Waals surface area contributed by atoms with E-state index in [1.807, 2.05) is 36.4 Å². The average molecular weight is 312 g/mol. The summed E-state index contributed by atoms with van der Waals surface area (Å²) in [5, 5.41) is 3.16. The fraction of sp³-hybridized carbons (Fsp3) is 0.316. The number of nitrogens with zero attached hydrogens (tertiary/aromatic N) is 1. The van der Waals surface area contributed by atoms with Crippen LogP contribution in [0.25, 0.3) is 0 Å². The Morgan fingerprint density at radius 2 is 1.91 bits per heavy atom. The molecule has 2 amide bonds. The minimum Gasteiger partial charge on any atom is -0.332 e. The van der Waals surface area contributed by atoms with E-state index in [9.17, 15) is 9.18 Å². The molecule has 1 aliphatic rings. The zero-order valence-electron chi connectivity index (χ0n) is 13.3. The Morgan fingerprint density at radius 3 is 2.52 bits per heavy atom. The van der Waals surface area contributed by atoms with Gasteiger partial charge in [-0.3, -0.25) is 4.90 Å². The molecule has 1 saturated carbocycles. The number of amides is 2. The quantitative estimate of drug-likeness (QED) is 0.904. The van der Waals surface area contributed by atoms with E-state index >= 15 is 0 Å². The van der Waals surface area contributed by atoms with Crippen LogP contribution in [0.4, 0.5) is 14.9 Å². The van der Waals surface area contributed by atoms with Crippen LogP contribution in [0.5, 0.6) is 0 Å². The largest absolute Gasteiger partial charge is 0.332 e. The topological polar surface area (TPSA) is 32.3 Å². The number of nitrogens with one attached hydrogen (secondary N) is 1. The number of benzene rings is 2. The summed E-state index contributed by atoms with van der Waals surface area (Å²) >= 11 is 0. The molecule has 0 aliphatic heterocycles. The fourth-order valence-corrected chi connectivity index (χ4v) is 3.07. The van der Waals surface area contributed by atoms with Crippen molar-refractivity contribution in [2.24, 2.45) is 0 Å². The van der Waals surface area contributed by atoms with Crippen molar-refractivity contribution in [2.75, 3.05) is 11.9 Å². The summed E-state index contributed by atoms with van der Waals surface area (Å²) < 4.78 is 13.4. The molecule has 0 radical (unpaired) electrons. The molecule has 0 bridgehead atoms. The first-order valence-corrected chi connectivity index (χ1v) is 7.93. The number of rotatable bonds is 4. The third-order valence-corrected chi connectivity index (χ3v) is 4.56. The third kappa shape index (κ3) is 3.52. The summed E-state index contributed by atoms with van der Waals surface area (Å²) in [5.41, 5.74) is 1.52. The van der Waals surface area contributed by atoms with Gasteiger partial charge in [0.1, 0.15) is 5.82 Å². The van der Waals surface area contributed by atoms with E-state index < -0.39 is 0 Å². The zero-order valence-corrected chi connectivity index (χ0v) is 13.3. The van der Waals surface area contributed by atoms with E-state index in [-0.39, 0.29) is 17.4 Å². The van der Waals surface area contributed by atoms with Gasteiger partial charge in [0.15, 0.2) is 0 Å². The van der Waals surface area contributed by atoms with Crippen LogP contribution in [0.1, 0.15) is 24.8 Å². The van der Waals surface area contributed by atoms with Gasteiger partial charge in [0.05, 0.1) is 0 Å². The van der Waals surface area contributed by atoms with Crippen LogP contribution in [-0.2, 0) is 6.42 Å². The molecule has 120 valence electrons. The van der Waals surface area contributed by atoms with Crippen LogP contribution in [-0.4, -0.2) is 18.6 Å². The molecule has 1 fully saturated rings. The first-order chi connectivity index (χ1) is 11.1. The summed E-state index contributed by atoms with van der Waals surface area (Å²) in [6.45, 7) is 0. The lowest BCUT2D eigenvalue weighted by Crippen LogP contribution is -2.58. The molecule has 4 heteroatoms. The molecule has 1 aliphatic carbocycles. The molecule has 3 nitrogen and oxygen atoms in total. The molecule has 1 N–H and O–H groups in total. The molecule has 0 saturated heterocycles. The van der Waals surface area contributed by atoms with E-state index in [4.69, 9.17) is 0 Å². The lowest BCUT2D eigenvalue weighted by atomic mass is 9.73. The maximum atomic E-state index is 13.4. The Bertz CT molecular complexity index is 683. The maximum absolute atomic E-state index is 13.4. The van der Waals surface area contributed by atoms with E-state index in [0.29, 0.717) is 6.42 Å². The molecule has 3 rings (SSSR count). The third-order valence-electron chi connectivity index (χ3n) is 4.56. The number of hydrogen-bond acceptors (Lipinski definition) is 1. The number of anilines is 1. The Morgan fingerprint density at radius 1 is 1.17 bits per heavy atom. The van der Waals surface area contributed by atoms with Gasteiger partial charge < -0.3 is 5.32 Å². The summed E-state index contributed by atoms with van der Waals surface area (Å²) in [5.74, 6) is -0.232. The smallest absolute Gasteiger partial charge is 0.322 e. The number of halogens is 1. The predicted octanol–water partition coefficient (Wildman–Crippen LogP) is 4.14. The van der Waals surface area contributed by atoms with Crippen molar-refractivity contribution in [2.45, 2.75) is 31.2 Å². The Labute approximate surface area is 136 Å². The van der Waals surface area contributed by atoms with Crippen molar-refractivity contribution in [1.29, 1.82) is 0 Å². The van der Waals surface area contributed by atoms with Gasteiger partial charge in [-0.05, 0) is 55.5 Å². The monoisotopic (exact) mass is 312 g/mol. The van der Waals surface area contributed by atoms with Crippen LogP contribution in [0, 0.1) is 5.82 Å². The van der Waals surface area contributed by atoms with Gasteiger partial charge in [0.25, 0.3) is 0 Å². The van der Waals surface area contributed by atoms with Crippen molar-refractivity contribution in [3.05, 3.63) is 66.0 Å². The molecular formula is C19H21FN2O. The van der Waals surface area contributed by atoms with Crippen molar-refractivity contribution < 1.29 is 9.18 Å². The standard InChI is InChI=1S/C19H21FN2O/c1-22(17-9-3-2-4-10-17)18(23)21-19(11-6-12-19)14-15-7-5-8-16(20)13-15/h2-5,7-10,13H,6,11-12,14H2,1H3,(H,21,23). The van der Waals surface area contributed by atoms with Crippen LogP contribution in [0.15, 0.2) is 54.6 Å². The summed E-state index contributed by atoms with van der Waals surface area (Å²) in [4.78, 5) is 14.2. The van der Waals surface area contributed by atoms with Crippen LogP contribution >= 0.6 is 0 Å². The number of hydrogen-bond donors (Lipinski definition) is 1. The molecule has 0 aromatic heterocycles. The molecule has 0 heterocycles. The van der Waals surface area contributed by atoms with Crippen LogP contribution in [0.2, 0.25) is 0 Å². The highest BCUT2D eigenvalue weighted by Crippen LogP contribution is 2.35. The molecule has 0 unspecified atom stereocenters.